The summed E-state index contributed by atoms with van der Waals surface area (Å²) in [5.74, 6) is -1.29. The zero-order chi connectivity index (χ0) is 26.4. The zero-order valence-electron chi connectivity index (χ0n) is 22.5. The number of carbonyl (C=O) groups is 3. The summed E-state index contributed by atoms with van der Waals surface area (Å²) in [6.07, 6.45) is 0. The molecular formula is C24H45NO9. The van der Waals surface area contributed by atoms with Crippen molar-refractivity contribution in [2.75, 3.05) is 59.3 Å². The van der Waals surface area contributed by atoms with Gasteiger partial charge in [0.25, 0.3) is 0 Å². The first-order valence-corrected chi connectivity index (χ1v) is 11.6. The molecule has 10 nitrogen and oxygen atoms in total. The summed E-state index contributed by atoms with van der Waals surface area (Å²) in [6, 6.07) is 0. The van der Waals surface area contributed by atoms with Gasteiger partial charge in [-0.15, -0.1) is 0 Å². The maximum atomic E-state index is 11.8. The number of ether oxygens (including phenoxy) is 6. The van der Waals surface area contributed by atoms with Crippen LogP contribution in [0, 0.1) is 0 Å². The first-order valence-electron chi connectivity index (χ1n) is 11.6. The summed E-state index contributed by atoms with van der Waals surface area (Å²) < 4.78 is 31.9. The van der Waals surface area contributed by atoms with Crippen LogP contribution in [0.2, 0.25) is 0 Å². The van der Waals surface area contributed by atoms with Gasteiger partial charge >= 0.3 is 17.9 Å². The van der Waals surface area contributed by atoms with Gasteiger partial charge in [0.2, 0.25) is 0 Å². The summed E-state index contributed by atoms with van der Waals surface area (Å²) in [6.45, 7) is 18.1. The minimum Gasteiger partial charge on any atom is -0.458 e. The molecule has 0 amide bonds. The first-order chi connectivity index (χ1) is 15.5. The second-order valence-electron chi connectivity index (χ2n) is 10.8. The SMILES string of the molecule is CC(C)(C)OC(=O)COCCN(CCOCC(=O)OC(C)(C)C)CCOCC(=O)OC(C)(C)C. The van der Waals surface area contributed by atoms with E-state index < -0.39 is 34.7 Å². The highest BCUT2D eigenvalue weighted by Crippen LogP contribution is 2.08. The van der Waals surface area contributed by atoms with Gasteiger partial charge in [0.15, 0.2) is 0 Å². The van der Waals surface area contributed by atoms with E-state index in [4.69, 9.17) is 28.4 Å². The van der Waals surface area contributed by atoms with E-state index in [1.54, 1.807) is 62.3 Å². The van der Waals surface area contributed by atoms with Crippen LogP contribution < -0.4 is 0 Å². The molecule has 0 atom stereocenters. The van der Waals surface area contributed by atoms with Gasteiger partial charge in [-0.3, -0.25) is 4.90 Å². The van der Waals surface area contributed by atoms with Gasteiger partial charge in [0.1, 0.15) is 36.6 Å². The molecule has 0 fully saturated rings. The van der Waals surface area contributed by atoms with Crippen LogP contribution in [-0.4, -0.2) is 98.9 Å². The number of esters is 3. The van der Waals surface area contributed by atoms with E-state index in [1.807, 2.05) is 4.90 Å². The highest BCUT2D eigenvalue weighted by Gasteiger charge is 2.18. The molecule has 0 bridgehead atoms. The van der Waals surface area contributed by atoms with Crippen LogP contribution in [0.4, 0.5) is 0 Å². The quantitative estimate of drug-likeness (QED) is 0.192. The molecule has 10 heteroatoms. The summed E-state index contributed by atoms with van der Waals surface area (Å²) in [5.41, 5.74) is -1.70. The summed E-state index contributed by atoms with van der Waals surface area (Å²) in [4.78, 5) is 37.3. The lowest BCUT2D eigenvalue weighted by Crippen LogP contribution is -2.36. The van der Waals surface area contributed by atoms with Crippen molar-refractivity contribution in [2.45, 2.75) is 79.1 Å². The number of rotatable bonds is 15. The Hall–Kier alpha value is -1.75. The Morgan fingerprint density at radius 3 is 0.941 bits per heavy atom. The lowest BCUT2D eigenvalue weighted by atomic mass is 10.2. The molecule has 0 aromatic rings. The zero-order valence-corrected chi connectivity index (χ0v) is 22.5. The van der Waals surface area contributed by atoms with Crippen molar-refractivity contribution in [3.63, 3.8) is 0 Å². The van der Waals surface area contributed by atoms with E-state index in [0.29, 0.717) is 19.6 Å². The molecule has 0 aliphatic rings. The Balaban J connectivity index is 4.43. The van der Waals surface area contributed by atoms with Crippen molar-refractivity contribution in [1.29, 1.82) is 0 Å². The monoisotopic (exact) mass is 491 g/mol. The van der Waals surface area contributed by atoms with Crippen LogP contribution in [0.1, 0.15) is 62.3 Å². The van der Waals surface area contributed by atoms with Gasteiger partial charge in [-0.25, -0.2) is 14.4 Å². The smallest absolute Gasteiger partial charge is 0.332 e. The molecule has 34 heavy (non-hydrogen) atoms. The first kappa shape index (κ1) is 32.2. The molecule has 0 saturated heterocycles. The van der Waals surface area contributed by atoms with Crippen molar-refractivity contribution in [1.82, 2.24) is 4.90 Å². The van der Waals surface area contributed by atoms with Crippen molar-refractivity contribution >= 4 is 17.9 Å². The lowest BCUT2D eigenvalue weighted by Gasteiger charge is -2.23. The maximum Gasteiger partial charge on any atom is 0.332 e. The van der Waals surface area contributed by atoms with E-state index in [0.717, 1.165) is 0 Å². The fraction of sp³-hybridized carbons (Fsp3) is 0.875. The fourth-order valence-electron chi connectivity index (χ4n) is 2.50. The molecular weight excluding hydrogens is 446 g/mol. The highest BCUT2D eigenvalue weighted by molar-refractivity contribution is 5.71. The van der Waals surface area contributed by atoms with Gasteiger partial charge in [-0.2, -0.15) is 0 Å². The molecule has 0 unspecified atom stereocenters. The summed E-state index contributed by atoms with van der Waals surface area (Å²) in [5, 5.41) is 0. The topological polar surface area (TPSA) is 110 Å². The Morgan fingerprint density at radius 1 is 0.500 bits per heavy atom. The Morgan fingerprint density at radius 2 is 0.735 bits per heavy atom. The summed E-state index contributed by atoms with van der Waals surface area (Å²) >= 11 is 0. The second-order valence-corrected chi connectivity index (χ2v) is 10.8. The van der Waals surface area contributed by atoms with E-state index in [1.165, 1.54) is 0 Å². The molecule has 0 aliphatic heterocycles. The van der Waals surface area contributed by atoms with E-state index >= 15 is 0 Å². The Bertz CT molecular complexity index is 530. The van der Waals surface area contributed by atoms with Gasteiger partial charge in [0, 0.05) is 19.6 Å². The molecule has 200 valence electrons. The van der Waals surface area contributed by atoms with E-state index in [9.17, 15) is 14.4 Å². The van der Waals surface area contributed by atoms with Crippen LogP contribution in [-0.2, 0) is 42.8 Å². The van der Waals surface area contributed by atoms with Gasteiger partial charge in [0.05, 0.1) is 19.8 Å². The fourth-order valence-corrected chi connectivity index (χ4v) is 2.50. The minimum absolute atomic E-state index is 0.143. The molecule has 0 rings (SSSR count). The Kier molecular flexibility index (Phi) is 14.5. The van der Waals surface area contributed by atoms with Crippen LogP contribution in [0.15, 0.2) is 0 Å². The predicted molar refractivity (Wildman–Crippen MR) is 126 cm³/mol. The van der Waals surface area contributed by atoms with Crippen molar-refractivity contribution in [3.8, 4) is 0 Å². The highest BCUT2D eigenvalue weighted by atomic mass is 16.6. The van der Waals surface area contributed by atoms with Crippen LogP contribution in [0.5, 0.6) is 0 Å². The largest absolute Gasteiger partial charge is 0.458 e. The second kappa shape index (κ2) is 15.3. The van der Waals surface area contributed by atoms with Crippen LogP contribution in [0.3, 0.4) is 0 Å². The van der Waals surface area contributed by atoms with Gasteiger partial charge in [-0.05, 0) is 62.3 Å². The third kappa shape index (κ3) is 22.1. The van der Waals surface area contributed by atoms with Gasteiger partial charge in [-0.1, -0.05) is 0 Å². The number of hydrogen-bond donors (Lipinski definition) is 0. The molecule has 0 aromatic carbocycles. The number of carbonyl (C=O) groups excluding carboxylic acids is 3. The minimum atomic E-state index is -0.566. The van der Waals surface area contributed by atoms with Crippen molar-refractivity contribution in [2.24, 2.45) is 0 Å². The molecule has 0 N–H and O–H groups in total. The number of hydrogen-bond acceptors (Lipinski definition) is 10. The molecule has 0 spiro atoms. The molecule has 0 aromatic heterocycles. The average molecular weight is 492 g/mol. The molecule has 0 heterocycles. The van der Waals surface area contributed by atoms with Gasteiger partial charge < -0.3 is 28.4 Å². The van der Waals surface area contributed by atoms with Crippen LogP contribution in [0.25, 0.3) is 0 Å². The van der Waals surface area contributed by atoms with Crippen LogP contribution >= 0.6 is 0 Å². The summed E-state index contributed by atoms with van der Waals surface area (Å²) in [7, 11) is 0. The average Bonchev–Trinajstić information content (AvgIpc) is 2.60. The van der Waals surface area contributed by atoms with E-state index in [-0.39, 0.29) is 39.6 Å². The Labute approximate surface area is 204 Å². The van der Waals surface area contributed by atoms with E-state index in [2.05, 4.69) is 0 Å². The van der Waals surface area contributed by atoms with Crippen molar-refractivity contribution < 1.29 is 42.8 Å². The predicted octanol–water partition coefficient (Wildman–Crippen LogP) is 2.36. The normalized spacial score (nSPS) is 12.5. The molecule has 0 aliphatic carbocycles. The lowest BCUT2D eigenvalue weighted by molar-refractivity contribution is -0.160. The molecule has 0 saturated carbocycles. The third-order valence-electron chi connectivity index (χ3n) is 3.58. The maximum absolute atomic E-state index is 11.8. The third-order valence-corrected chi connectivity index (χ3v) is 3.58. The number of nitrogens with zero attached hydrogens (tertiary/aromatic N) is 1. The van der Waals surface area contributed by atoms with Crippen molar-refractivity contribution in [3.05, 3.63) is 0 Å². The molecule has 0 radical (unpaired) electrons. The standard InChI is InChI=1S/C24H45NO9/c1-22(2,3)32-19(26)16-29-13-10-25(11-14-30-17-20(27)33-23(4,5)6)12-15-31-18-21(28)34-24(7,8)9/h10-18H2,1-9H3.